The molecular formula is C21H25NO2. The van der Waals surface area contributed by atoms with Gasteiger partial charge in [-0.05, 0) is 76.6 Å². The molecule has 3 nitrogen and oxygen atoms in total. The number of ether oxygens (including phenoxy) is 2. The molecule has 0 amide bonds. The topological polar surface area (TPSA) is 42.2 Å². The first-order chi connectivity index (χ1) is 11.2. The molecule has 0 aromatic heterocycles. The summed E-state index contributed by atoms with van der Waals surface area (Å²) in [6.45, 7) is 10.2. The van der Waals surface area contributed by atoms with Crippen LogP contribution < -0.4 is 9.47 Å². The van der Waals surface area contributed by atoms with Crippen LogP contribution >= 0.6 is 0 Å². The van der Waals surface area contributed by atoms with Crippen LogP contribution in [0.25, 0.3) is 0 Å². The summed E-state index contributed by atoms with van der Waals surface area (Å²) in [6, 6.07) is 17.4. The molecule has 0 saturated heterocycles. The van der Waals surface area contributed by atoms with Crippen molar-refractivity contribution in [3.63, 3.8) is 0 Å². The second kappa shape index (κ2) is 6.97. The van der Waals surface area contributed by atoms with Gasteiger partial charge in [-0.1, -0.05) is 12.1 Å². The lowest BCUT2D eigenvalue weighted by atomic mass is 9.98. The molecule has 0 N–H and O–H groups in total. The first-order valence-corrected chi connectivity index (χ1v) is 8.14. The van der Waals surface area contributed by atoms with Gasteiger partial charge in [0.1, 0.15) is 22.7 Å². The molecule has 0 bridgehead atoms. The molecule has 0 unspecified atom stereocenters. The maximum absolute atomic E-state index is 8.86. The second-order valence-electron chi connectivity index (χ2n) is 7.54. The molecule has 3 heteroatoms. The molecule has 0 aliphatic carbocycles. The zero-order valence-corrected chi connectivity index (χ0v) is 15.1. The van der Waals surface area contributed by atoms with Crippen LogP contribution in [0.3, 0.4) is 0 Å². The van der Waals surface area contributed by atoms with Gasteiger partial charge in [-0.25, -0.2) is 0 Å². The number of rotatable bonds is 5. The van der Waals surface area contributed by atoms with Crippen molar-refractivity contribution in [3.05, 3.63) is 59.7 Å². The van der Waals surface area contributed by atoms with Crippen LogP contribution in [0.2, 0.25) is 0 Å². The van der Waals surface area contributed by atoms with E-state index in [1.54, 1.807) is 12.1 Å². The van der Waals surface area contributed by atoms with E-state index in [0.717, 1.165) is 23.5 Å². The predicted molar refractivity (Wildman–Crippen MR) is 96.4 cm³/mol. The second-order valence-corrected chi connectivity index (χ2v) is 7.54. The third-order valence-electron chi connectivity index (χ3n) is 3.33. The quantitative estimate of drug-likeness (QED) is 0.765. The van der Waals surface area contributed by atoms with Gasteiger partial charge in [-0.2, -0.15) is 5.26 Å². The van der Waals surface area contributed by atoms with Gasteiger partial charge in [0.15, 0.2) is 0 Å². The van der Waals surface area contributed by atoms with E-state index < -0.39 is 0 Å². The van der Waals surface area contributed by atoms with Crippen LogP contribution in [0.15, 0.2) is 48.5 Å². The van der Waals surface area contributed by atoms with Crippen LogP contribution in [-0.2, 0) is 6.42 Å². The Labute approximate surface area is 144 Å². The molecule has 126 valence electrons. The summed E-state index contributed by atoms with van der Waals surface area (Å²) in [5.74, 6) is 1.63. The lowest BCUT2D eigenvalue weighted by molar-refractivity contribution is 0.109. The Balaban J connectivity index is 2.07. The van der Waals surface area contributed by atoms with Crippen molar-refractivity contribution < 1.29 is 9.47 Å². The zero-order valence-electron chi connectivity index (χ0n) is 15.1. The maximum Gasteiger partial charge on any atom is 0.120 e. The molecule has 0 heterocycles. The van der Waals surface area contributed by atoms with Gasteiger partial charge in [-0.15, -0.1) is 0 Å². The number of hydrogen-bond donors (Lipinski definition) is 0. The van der Waals surface area contributed by atoms with Gasteiger partial charge >= 0.3 is 0 Å². The summed E-state index contributed by atoms with van der Waals surface area (Å²) in [4.78, 5) is 0. The molecule has 0 radical (unpaired) electrons. The van der Waals surface area contributed by atoms with Crippen LogP contribution in [0.1, 0.15) is 45.7 Å². The molecule has 0 spiro atoms. The first kappa shape index (κ1) is 17.9. The monoisotopic (exact) mass is 323 g/mol. The molecule has 0 aliphatic heterocycles. The van der Waals surface area contributed by atoms with Crippen molar-refractivity contribution in [2.24, 2.45) is 0 Å². The highest BCUT2D eigenvalue weighted by Gasteiger charge is 2.21. The van der Waals surface area contributed by atoms with Crippen LogP contribution in [0.5, 0.6) is 11.5 Å². The van der Waals surface area contributed by atoms with Gasteiger partial charge < -0.3 is 9.47 Å². The Bertz CT molecular complexity index is 719. The van der Waals surface area contributed by atoms with Crippen LogP contribution in [-0.4, -0.2) is 11.2 Å². The SMILES string of the molecule is CC(C)(C)Oc1cccc(CC(C)(C)Oc2ccc(C#N)cc2)c1. The normalized spacial score (nSPS) is 11.7. The highest BCUT2D eigenvalue weighted by molar-refractivity contribution is 5.35. The number of benzene rings is 2. The van der Waals surface area contributed by atoms with E-state index in [1.165, 1.54) is 0 Å². The maximum atomic E-state index is 8.86. The molecule has 0 saturated carbocycles. The van der Waals surface area contributed by atoms with E-state index in [4.69, 9.17) is 14.7 Å². The Hall–Kier alpha value is -2.47. The zero-order chi connectivity index (χ0) is 17.8. The fourth-order valence-electron chi connectivity index (χ4n) is 2.52. The molecule has 0 aliphatic rings. The van der Waals surface area contributed by atoms with Gasteiger partial charge in [0.25, 0.3) is 0 Å². The van der Waals surface area contributed by atoms with E-state index in [0.29, 0.717) is 5.56 Å². The van der Waals surface area contributed by atoms with Gasteiger partial charge in [0.05, 0.1) is 11.6 Å². The number of nitriles is 1. The largest absolute Gasteiger partial charge is 0.488 e. The molecule has 0 fully saturated rings. The Morgan fingerprint density at radius 1 is 0.875 bits per heavy atom. The van der Waals surface area contributed by atoms with E-state index in [9.17, 15) is 0 Å². The minimum absolute atomic E-state index is 0.215. The smallest absolute Gasteiger partial charge is 0.120 e. The van der Waals surface area contributed by atoms with E-state index in [-0.39, 0.29) is 11.2 Å². The summed E-state index contributed by atoms with van der Waals surface area (Å²) >= 11 is 0. The summed E-state index contributed by atoms with van der Waals surface area (Å²) in [5, 5.41) is 8.86. The minimum atomic E-state index is -0.367. The standard InChI is InChI=1S/C21H25NO2/c1-20(2,3)23-19-8-6-7-17(13-19)14-21(4,5)24-18-11-9-16(15-22)10-12-18/h6-13H,14H2,1-5H3. The summed E-state index contributed by atoms with van der Waals surface area (Å²) in [5.41, 5.74) is 1.21. The molecule has 0 atom stereocenters. The summed E-state index contributed by atoms with van der Waals surface area (Å²) in [7, 11) is 0. The molecule has 24 heavy (non-hydrogen) atoms. The van der Waals surface area contributed by atoms with E-state index in [2.05, 4.69) is 32.0 Å². The predicted octanol–water partition coefficient (Wildman–Crippen LogP) is 5.14. The lowest BCUT2D eigenvalue weighted by Crippen LogP contribution is -2.31. The van der Waals surface area contributed by atoms with E-state index >= 15 is 0 Å². The molecule has 2 aromatic carbocycles. The summed E-state index contributed by atoms with van der Waals surface area (Å²) in [6.07, 6.45) is 0.758. The highest BCUT2D eigenvalue weighted by atomic mass is 16.5. The Morgan fingerprint density at radius 3 is 2.12 bits per heavy atom. The van der Waals surface area contributed by atoms with Crippen molar-refractivity contribution in [2.75, 3.05) is 0 Å². The van der Waals surface area contributed by atoms with Crippen LogP contribution in [0.4, 0.5) is 0 Å². The average molecular weight is 323 g/mol. The van der Waals surface area contributed by atoms with Gasteiger partial charge in [-0.3, -0.25) is 0 Å². The molecular weight excluding hydrogens is 298 g/mol. The minimum Gasteiger partial charge on any atom is -0.488 e. The van der Waals surface area contributed by atoms with Crippen LogP contribution in [0, 0.1) is 11.3 Å². The Morgan fingerprint density at radius 2 is 1.54 bits per heavy atom. The van der Waals surface area contributed by atoms with Crippen molar-refractivity contribution in [2.45, 2.75) is 52.2 Å². The van der Waals surface area contributed by atoms with Crippen molar-refractivity contribution in [1.82, 2.24) is 0 Å². The highest BCUT2D eigenvalue weighted by Crippen LogP contribution is 2.25. The number of hydrogen-bond acceptors (Lipinski definition) is 3. The van der Waals surface area contributed by atoms with Gasteiger partial charge in [0.2, 0.25) is 0 Å². The third-order valence-corrected chi connectivity index (χ3v) is 3.33. The average Bonchev–Trinajstić information content (AvgIpc) is 2.45. The van der Waals surface area contributed by atoms with Crippen molar-refractivity contribution in [3.8, 4) is 17.6 Å². The molecule has 2 aromatic rings. The summed E-state index contributed by atoms with van der Waals surface area (Å²) < 4.78 is 12.0. The van der Waals surface area contributed by atoms with Crippen molar-refractivity contribution in [1.29, 1.82) is 5.26 Å². The van der Waals surface area contributed by atoms with Gasteiger partial charge in [0, 0.05) is 6.42 Å². The fraction of sp³-hybridized carbons (Fsp3) is 0.381. The third kappa shape index (κ3) is 5.62. The fourth-order valence-corrected chi connectivity index (χ4v) is 2.52. The first-order valence-electron chi connectivity index (χ1n) is 8.14. The van der Waals surface area contributed by atoms with E-state index in [1.807, 2.05) is 45.0 Å². The molecule has 2 rings (SSSR count). The number of nitrogens with zero attached hydrogens (tertiary/aromatic N) is 1. The Kier molecular flexibility index (Phi) is 5.19. The van der Waals surface area contributed by atoms with Crippen molar-refractivity contribution >= 4 is 0 Å². The lowest BCUT2D eigenvalue weighted by Gasteiger charge is -2.27.